The zero-order valence-electron chi connectivity index (χ0n) is 15.0. The number of nitrogens with one attached hydrogen (secondary N) is 1. The summed E-state index contributed by atoms with van der Waals surface area (Å²) in [5.41, 5.74) is 0.642. The summed E-state index contributed by atoms with van der Waals surface area (Å²) in [6.45, 7) is 5.85. The van der Waals surface area contributed by atoms with Crippen molar-refractivity contribution >= 4 is 73.7 Å². The molecule has 0 spiro atoms. The number of phenols is 1. The first-order valence-electron chi connectivity index (χ1n) is 8.11. The molecule has 5 nitrogen and oxygen atoms in total. The van der Waals surface area contributed by atoms with Crippen molar-refractivity contribution in [3.05, 3.63) is 46.6 Å². The predicted octanol–water partition coefficient (Wildman–Crippen LogP) is 5.38. The molecule has 2 aromatic rings. The molecule has 2 aromatic carbocycles. The van der Waals surface area contributed by atoms with Gasteiger partial charge in [-0.2, -0.15) is 0 Å². The first-order valence-corrected chi connectivity index (χ1v) is 11.3. The number of ether oxygens (including phenoxy) is 1. The molecule has 0 heterocycles. The second-order valence-corrected chi connectivity index (χ2v) is 10.6. The van der Waals surface area contributed by atoms with Crippen molar-refractivity contribution in [1.29, 1.82) is 0 Å². The molecule has 0 aliphatic heterocycles. The van der Waals surface area contributed by atoms with Gasteiger partial charge in [0.15, 0.2) is 5.75 Å². The van der Waals surface area contributed by atoms with E-state index in [0.717, 1.165) is 18.5 Å². The summed E-state index contributed by atoms with van der Waals surface area (Å²) < 4.78 is 8.51. The van der Waals surface area contributed by atoms with Crippen LogP contribution < -0.4 is 10.1 Å². The molecule has 0 unspecified atom stereocenters. The minimum atomic E-state index is -0.867. The molecule has 27 heavy (non-hydrogen) atoms. The molecule has 0 bridgehead atoms. The molecule has 0 amide bonds. The lowest BCUT2D eigenvalue weighted by Gasteiger charge is -2.26. The average molecular weight is 707 g/mol. The number of aromatic hydroxyl groups is 1. The largest absolute Gasteiger partial charge is 0.507 e. The lowest BCUT2D eigenvalue weighted by molar-refractivity contribution is -0.140. The number of carboxylic acid groups (broad SMARTS) is 1. The van der Waals surface area contributed by atoms with Crippen LogP contribution in [0.15, 0.2) is 30.3 Å². The van der Waals surface area contributed by atoms with E-state index in [1.165, 1.54) is 0 Å². The number of hydrogen-bond acceptors (Lipinski definition) is 4. The van der Waals surface area contributed by atoms with Gasteiger partial charge in [0.2, 0.25) is 0 Å². The van der Waals surface area contributed by atoms with E-state index in [0.29, 0.717) is 15.7 Å². The number of carbonyl (C=O) groups is 1. The normalized spacial score (nSPS) is 12.7. The average Bonchev–Trinajstić information content (AvgIpc) is 2.52. The van der Waals surface area contributed by atoms with Gasteiger partial charge in [-0.1, -0.05) is 0 Å². The highest BCUT2D eigenvalue weighted by molar-refractivity contribution is 14.1. The highest BCUT2D eigenvalue weighted by Crippen LogP contribution is 2.35. The minimum absolute atomic E-state index is 0.216. The van der Waals surface area contributed by atoms with Gasteiger partial charge < -0.3 is 14.9 Å². The maximum atomic E-state index is 11.6. The summed E-state index contributed by atoms with van der Waals surface area (Å²) in [6, 6.07) is 8.31. The molecule has 0 fully saturated rings. The summed E-state index contributed by atoms with van der Waals surface area (Å²) in [5, 5.41) is 22.3. The number of phenolic OH excluding ortho intramolecular Hbond substituents is 1. The quantitative estimate of drug-likeness (QED) is 0.352. The maximum Gasteiger partial charge on any atom is 0.321 e. The van der Waals surface area contributed by atoms with Crippen molar-refractivity contribution in [3.8, 4) is 17.2 Å². The number of aliphatic carboxylic acids is 1. The monoisotopic (exact) mass is 707 g/mol. The van der Waals surface area contributed by atoms with Crippen LogP contribution in [0.25, 0.3) is 0 Å². The summed E-state index contributed by atoms with van der Waals surface area (Å²) in [6.07, 6.45) is 0.385. The highest BCUT2D eigenvalue weighted by atomic mass is 127. The van der Waals surface area contributed by atoms with E-state index in [4.69, 9.17) is 4.74 Å². The van der Waals surface area contributed by atoms with Gasteiger partial charge in [0.25, 0.3) is 0 Å². The Labute approximate surface area is 199 Å². The molecule has 0 radical (unpaired) electrons. The third kappa shape index (κ3) is 6.89. The van der Waals surface area contributed by atoms with Gasteiger partial charge in [-0.3, -0.25) is 10.1 Å². The summed E-state index contributed by atoms with van der Waals surface area (Å²) in [4.78, 5) is 11.6. The third-order valence-electron chi connectivity index (χ3n) is 3.54. The SMILES string of the molecule is CC(C)(C)N[C@@H](Cc1cc(I)c(Oc2ccc(O)c(I)c2)c(I)c1)C(=O)O. The second-order valence-electron chi connectivity index (χ2n) is 7.09. The van der Waals surface area contributed by atoms with Crippen molar-refractivity contribution in [3.63, 3.8) is 0 Å². The maximum absolute atomic E-state index is 11.6. The molecular formula is C19H20I3NO4. The Hall–Kier alpha value is -0.340. The highest BCUT2D eigenvalue weighted by Gasteiger charge is 2.24. The number of carboxylic acids is 1. The summed E-state index contributed by atoms with van der Waals surface area (Å²) >= 11 is 6.44. The second kappa shape index (κ2) is 9.44. The van der Waals surface area contributed by atoms with Crippen molar-refractivity contribution in [2.24, 2.45) is 0 Å². The Balaban J connectivity index is 2.25. The van der Waals surface area contributed by atoms with Crippen LogP contribution >= 0.6 is 67.8 Å². The fourth-order valence-corrected chi connectivity index (χ4v) is 5.06. The van der Waals surface area contributed by atoms with Crippen molar-refractivity contribution in [2.75, 3.05) is 0 Å². The molecular weight excluding hydrogens is 687 g/mol. The fraction of sp³-hybridized carbons (Fsp3) is 0.316. The van der Waals surface area contributed by atoms with Gasteiger partial charge in [-0.25, -0.2) is 0 Å². The first kappa shape index (κ1) is 22.9. The Morgan fingerprint density at radius 2 is 1.70 bits per heavy atom. The fourth-order valence-electron chi connectivity index (χ4n) is 2.46. The van der Waals surface area contributed by atoms with Crippen LogP contribution in [0.1, 0.15) is 26.3 Å². The van der Waals surface area contributed by atoms with E-state index in [1.54, 1.807) is 18.2 Å². The molecule has 0 aromatic heterocycles. The topological polar surface area (TPSA) is 78.8 Å². The van der Waals surface area contributed by atoms with Crippen LogP contribution in [0.2, 0.25) is 0 Å². The zero-order valence-corrected chi connectivity index (χ0v) is 21.5. The molecule has 3 N–H and O–H groups in total. The van der Waals surface area contributed by atoms with E-state index < -0.39 is 12.0 Å². The number of benzene rings is 2. The molecule has 146 valence electrons. The predicted molar refractivity (Wildman–Crippen MR) is 131 cm³/mol. The van der Waals surface area contributed by atoms with Crippen LogP contribution in [-0.2, 0) is 11.2 Å². The van der Waals surface area contributed by atoms with E-state index in [1.807, 2.05) is 55.5 Å². The standard InChI is InChI=1S/C19H20I3NO4/c1-19(2,3)23-15(18(25)26)8-10-6-13(21)17(14(22)7-10)27-11-4-5-16(24)12(20)9-11/h4-7,9,15,23-24H,8H2,1-3H3,(H,25,26)/t15-/m0/s1. The Bertz CT molecular complexity index is 826. The van der Waals surface area contributed by atoms with Gasteiger partial charge in [0, 0.05) is 5.54 Å². The molecule has 1 atom stereocenters. The number of rotatable bonds is 6. The molecule has 0 saturated heterocycles. The summed E-state index contributed by atoms with van der Waals surface area (Å²) in [5.74, 6) is 0.707. The Morgan fingerprint density at radius 1 is 1.11 bits per heavy atom. The van der Waals surface area contributed by atoms with Crippen molar-refractivity contribution in [2.45, 2.75) is 38.8 Å². The number of hydrogen-bond donors (Lipinski definition) is 3. The smallest absolute Gasteiger partial charge is 0.321 e. The van der Waals surface area contributed by atoms with Crippen molar-refractivity contribution in [1.82, 2.24) is 5.32 Å². The van der Waals surface area contributed by atoms with Gasteiger partial charge in [-0.05, 0) is 131 Å². The zero-order chi connectivity index (χ0) is 20.4. The number of halogens is 3. The van der Waals surface area contributed by atoms with Crippen LogP contribution in [0.4, 0.5) is 0 Å². The first-order chi connectivity index (χ1) is 12.5. The lowest BCUT2D eigenvalue weighted by atomic mass is 10.0. The van der Waals surface area contributed by atoms with E-state index >= 15 is 0 Å². The van der Waals surface area contributed by atoms with Crippen LogP contribution in [-0.4, -0.2) is 27.8 Å². The Kier molecular flexibility index (Phi) is 8.02. The molecule has 2 rings (SSSR count). The minimum Gasteiger partial charge on any atom is -0.507 e. The van der Waals surface area contributed by atoms with Gasteiger partial charge in [0.1, 0.15) is 17.5 Å². The molecule has 0 aliphatic rings. The van der Waals surface area contributed by atoms with Crippen molar-refractivity contribution < 1.29 is 19.7 Å². The third-order valence-corrected chi connectivity index (χ3v) is 6.01. The van der Waals surface area contributed by atoms with Gasteiger partial charge >= 0.3 is 5.97 Å². The molecule has 8 heteroatoms. The van der Waals surface area contributed by atoms with Crippen LogP contribution in [0.3, 0.4) is 0 Å². The van der Waals surface area contributed by atoms with E-state index in [2.05, 4.69) is 50.5 Å². The van der Waals surface area contributed by atoms with Crippen LogP contribution in [0.5, 0.6) is 17.2 Å². The molecule has 0 aliphatic carbocycles. The van der Waals surface area contributed by atoms with Gasteiger partial charge in [-0.15, -0.1) is 0 Å². The molecule has 0 saturated carbocycles. The Morgan fingerprint density at radius 3 is 2.19 bits per heavy atom. The van der Waals surface area contributed by atoms with E-state index in [-0.39, 0.29) is 11.3 Å². The lowest BCUT2D eigenvalue weighted by Crippen LogP contribution is -2.48. The van der Waals surface area contributed by atoms with Crippen LogP contribution in [0, 0.1) is 10.7 Å². The van der Waals surface area contributed by atoms with Gasteiger partial charge in [0.05, 0.1) is 10.7 Å². The van der Waals surface area contributed by atoms with E-state index in [9.17, 15) is 15.0 Å². The summed E-state index contributed by atoms with van der Waals surface area (Å²) in [7, 11) is 0.